The molecule has 112 valence electrons. The van der Waals surface area contributed by atoms with E-state index in [9.17, 15) is 4.79 Å². The summed E-state index contributed by atoms with van der Waals surface area (Å²) in [6.45, 7) is 0. The van der Waals surface area contributed by atoms with Crippen LogP contribution in [0.25, 0.3) is 17.4 Å². The molecule has 0 bridgehead atoms. The Morgan fingerprint density at radius 2 is 2.00 bits per heavy atom. The summed E-state index contributed by atoms with van der Waals surface area (Å²) in [5.41, 5.74) is 1.18. The van der Waals surface area contributed by atoms with Crippen molar-refractivity contribution in [3.8, 4) is 11.3 Å². The molecule has 0 aliphatic carbocycles. The van der Waals surface area contributed by atoms with Gasteiger partial charge in [-0.25, -0.2) is 0 Å². The number of nitrogens with zero attached hydrogens (tertiary/aromatic N) is 1. The van der Waals surface area contributed by atoms with E-state index in [0.29, 0.717) is 32.4 Å². The summed E-state index contributed by atoms with van der Waals surface area (Å²) in [6.07, 6.45) is 1.61. The number of benzene rings is 1. The fraction of sp³-hybridized carbons (Fsp3) is 0.0667. The van der Waals surface area contributed by atoms with Crippen LogP contribution in [0.1, 0.15) is 5.76 Å². The molecule has 7 heteroatoms. The Balaban J connectivity index is 1.90. The van der Waals surface area contributed by atoms with E-state index in [1.165, 1.54) is 4.90 Å². The average Bonchev–Trinajstić information content (AvgIpc) is 3.04. The molecule has 2 heterocycles. The molecule has 1 amide bonds. The number of carbonyl (C=O) groups excluding carboxylic acids is 1. The number of carbonyl (C=O) groups is 1. The molecule has 0 radical (unpaired) electrons. The molecule has 0 atom stereocenters. The first-order valence-electron chi connectivity index (χ1n) is 6.31. The van der Waals surface area contributed by atoms with Gasteiger partial charge in [0.25, 0.3) is 5.91 Å². The van der Waals surface area contributed by atoms with Crippen LogP contribution in [0.5, 0.6) is 0 Å². The van der Waals surface area contributed by atoms with E-state index in [-0.39, 0.29) is 5.91 Å². The van der Waals surface area contributed by atoms with Crippen LogP contribution in [-0.4, -0.2) is 23.0 Å². The van der Waals surface area contributed by atoms with Gasteiger partial charge in [-0.1, -0.05) is 23.2 Å². The lowest BCUT2D eigenvalue weighted by Gasteiger charge is -2.02. The van der Waals surface area contributed by atoms with Crippen LogP contribution in [0.15, 0.2) is 40.4 Å². The van der Waals surface area contributed by atoms with Crippen molar-refractivity contribution in [3.05, 3.63) is 51.8 Å². The van der Waals surface area contributed by atoms with Crippen LogP contribution < -0.4 is 5.32 Å². The van der Waals surface area contributed by atoms with Crippen molar-refractivity contribution in [1.29, 1.82) is 0 Å². The van der Waals surface area contributed by atoms with Gasteiger partial charge in [-0.3, -0.25) is 9.69 Å². The smallest absolute Gasteiger partial charge is 0.276 e. The Bertz CT molecular complexity index is 814. The van der Waals surface area contributed by atoms with E-state index in [0.717, 1.165) is 5.56 Å². The molecule has 1 N–H and O–H groups in total. The maximum Gasteiger partial charge on any atom is 0.276 e. The highest BCUT2D eigenvalue weighted by molar-refractivity contribution is 7.80. The van der Waals surface area contributed by atoms with Gasteiger partial charge in [-0.05, 0) is 42.5 Å². The number of thiocarbonyl (C=S) groups is 1. The van der Waals surface area contributed by atoms with Crippen LogP contribution >= 0.6 is 35.4 Å². The highest BCUT2D eigenvalue weighted by Gasteiger charge is 2.27. The zero-order valence-corrected chi connectivity index (χ0v) is 13.7. The van der Waals surface area contributed by atoms with E-state index < -0.39 is 0 Å². The molecule has 0 spiro atoms. The third kappa shape index (κ3) is 2.75. The molecule has 0 saturated carbocycles. The van der Waals surface area contributed by atoms with Crippen molar-refractivity contribution >= 4 is 52.5 Å². The largest absolute Gasteiger partial charge is 0.457 e. The van der Waals surface area contributed by atoms with Crippen molar-refractivity contribution in [2.45, 2.75) is 0 Å². The predicted molar refractivity (Wildman–Crippen MR) is 90.6 cm³/mol. The molecule has 0 unspecified atom stereocenters. The van der Waals surface area contributed by atoms with E-state index >= 15 is 0 Å². The number of halogens is 2. The quantitative estimate of drug-likeness (QED) is 0.656. The molecular weight excluding hydrogens is 343 g/mol. The van der Waals surface area contributed by atoms with Crippen molar-refractivity contribution in [2.24, 2.45) is 0 Å². The Morgan fingerprint density at radius 3 is 2.64 bits per heavy atom. The van der Waals surface area contributed by atoms with Crippen molar-refractivity contribution in [2.75, 3.05) is 7.05 Å². The topological polar surface area (TPSA) is 45.5 Å². The van der Waals surface area contributed by atoms with Gasteiger partial charge in [0.15, 0.2) is 5.11 Å². The lowest BCUT2D eigenvalue weighted by Crippen LogP contribution is -2.25. The summed E-state index contributed by atoms with van der Waals surface area (Å²) in [6, 6.07) is 8.80. The number of hydrogen-bond donors (Lipinski definition) is 1. The summed E-state index contributed by atoms with van der Waals surface area (Å²) in [5.74, 6) is 0.972. The number of likely N-dealkylation sites (N-methyl/N-ethyl adjacent to an activating group) is 1. The molecule has 1 aliphatic rings. The monoisotopic (exact) mass is 352 g/mol. The molecule has 22 heavy (non-hydrogen) atoms. The number of nitrogens with one attached hydrogen (secondary N) is 1. The van der Waals surface area contributed by atoms with Gasteiger partial charge in [-0.2, -0.15) is 0 Å². The van der Waals surface area contributed by atoms with E-state index in [1.807, 2.05) is 6.07 Å². The molecular formula is C15H10Cl2N2O2S. The normalized spacial score (nSPS) is 16.5. The van der Waals surface area contributed by atoms with E-state index in [4.69, 9.17) is 39.8 Å². The highest BCUT2D eigenvalue weighted by Crippen LogP contribution is 2.30. The zero-order valence-electron chi connectivity index (χ0n) is 11.4. The minimum Gasteiger partial charge on any atom is -0.457 e. The second-order valence-electron chi connectivity index (χ2n) is 4.68. The van der Waals surface area contributed by atoms with Gasteiger partial charge in [-0.15, -0.1) is 0 Å². The third-order valence-corrected chi connectivity index (χ3v) is 4.31. The number of hydrogen-bond acceptors (Lipinski definition) is 3. The fourth-order valence-electron chi connectivity index (χ4n) is 2.00. The molecule has 4 nitrogen and oxygen atoms in total. The predicted octanol–water partition coefficient (Wildman–Crippen LogP) is 3.94. The van der Waals surface area contributed by atoms with Crippen LogP contribution in [0.4, 0.5) is 0 Å². The Kier molecular flexibility index (Phi) is 3.95. The first-order valence-corrected chi connectivity index (χ1v) is 7.48. The number of amides is 1. The standard InChI is InChI=1S/C15H10Cl2N2O2S/c1-19-14(20)12(18-15(19)22)7-9-3-5-13(21-9)8-2-4-10(16)11(17)6-8/h2-7H,1H3,(H,18,22)/b12-7-. The lowest BCUT2D eigenvalue weighted by molar-refractivity contribution is -0.121. The highest BCUT2D eigenvalue weighted by atomic mass is 35.5. The average molecular weight is 353 g/mol. The number of furan rings is 1. The summed E-state index contributed by atoms with van der Waals surface area (Å²) >= 11 is 16.9. The Morgan fingerprint density at radius 1 is 1.23 bits per heavy atom. The van der Waals surface area contributed by atoms with Crippen molar-refractivity contribution < 1.29 is 9.21 Å². The van der Waals surface area contributed by atoms with Crippen LogP contribution in [0.2, 0.25) is 10.0 Å². The summed E-state index contributed by atoms with van der Waals surface area (Å²) < 4.78 is 5.71. The minimum atomic E-state index is -0.197. The maximum absolute atomic E-state index is 11.9. The zero-order chi connectivity index (χ0) is 15.9. The fourth-order valence-corrected chi connectivity index (χ4v) is 2.49. The van der Waals surface area contributed by atoms with Gasteiger partial charge >= 0.3 is 0 Å². The van der Waals surface area contributed by atoms with Gasteiger partial charge in [0.1, 0.15) is 17.2 Å². The lowest BCUT2D eigenvalue weighted by atomic mass is 10.2. The van der Waals surface area contributed by atoms with Gasteiger partial charge in [0.05, 0.1) is 10.0 Å². The summed E-state index contributed by atoms with van der Waals surface area (Å²) in [5, 5.41) is 4.14. The van der Waals surface area contributed by atoms with Crippen LogP contribution in [0, 0.1) is 0 Å². The molecule has 3 rings (SSSR count). The second kappa shape index (κ2) is 5.76. The van der Waals surface area contributed by atoms with Crippen LogP contribution in [-0.2, 0) is 4.79 Å². The second-order valence-corrected chi connectivity index (χ2v) is 5.88. The van der Waals surface area contributed by atoms with Crippen LogP contribution in [0.3, 0.4) is 0 Å². The third-order valence-electron chi connectivity index (χ3n) is 3.20. The summed E-state index contributed by atoms with van der Waals surface area (Å²) in [4.78, 5) is 13.3. The Labute approximate surface area is 142 Å². The molecule has 1 fully saturated rings. The van der Waals surface area contributed by atoms with Gasteiger partial charge < -0.3 is 9.73 Å². The number of rotatable bonds is 2. The van der Waals surface area contributed by atoms with E-state index in [1.54, 1.807) is 37.4 Å². The molecule has 1 saturated heterocycles. The SMILES string of the molecule is CN1C(=O)/C(=C/c2ccc(-c3ccc(Cl)c(Cl)c3)o2)NC1=S. The molecule has 1 aromatic heterocycles. The van der Waals surface area contributed by atoms with Crippen molar-refractivity contribution in [1.82, 2.24) is 10.2 Å². The maximum atomic E-state index is 11.9. The molecule has 1 aliphatic heterocycles. The first kappa shape index (κ1) is 15.1. The Hall–Kier alpha value is -1.82. The molecule has 2 aromatic rings. The summed E-state index contributed by atoms with van der Waals surface area (Å²) in [7, 11) is 1.61. The first-order chi connectivity index (χ1) is 10.5. The van der Waals surface area contributed by atoms with Crippen molar-refractivity contribution in [3.63, 3.8) is 0 Å². The van der Waals surface area contributed by atoms with Gasteiger partial charge in [0.2, 0.25) is 0 Å². The molecule has 1 aromatic carbocycles. The minimum absolute atomic E-state index is 0.197. The van der Waals surface area contributed by atoms with Gasteiger partial charge in [0, 0.05) is 18.7 Å². The van der Waals surface area contributed by atoms with E-state index in [2.05, 4.69) is 5.32 Å².